The minimum atomic E-state index is 0.0570. The van der Waals surface area contributed by atoms with Gasteiger partial charge in [0.15, 0.2) is 0 Å². The molecule has 7 rings (SSSR count). The Hall–Kier alpha value is -4.24. The molecule has 2 heterocycles. The van der Waals surface area contributed by atoms with E-state index in [0.717, 1.165) is 0 Å². The van der Waals surface area contributed by atoms with Gasteiger partial charge in [-0.15, -0.1) is 0 Å². The maximum absolute atomic E-state index is 2.47. The third-order valence-corrected chi connectivity index (χ3v) is 8.77. The molecule has 2 aliphatic rings. The van der Waals surface area contributed by atoms with E-state index in [0.29, 0.717) is 0 Å². The quantitative estimate of drug-likeness (QED) is 0.207. The second-order valence-corrected chi connectivity index (χ2v) is 13.5. The van der Waals surface area contributed by atoms with Gasteiger partial charge in [-0.05, 0) is 86.9 Å². The summed E-state index contributed by atoms with van der Waals surface area (Å²) in [6.07, 6.45) is 0. The molecule has 2 nitrogen and oxygen atoms in total. The highest BCUT2D eigenvalue weighted by Crippen LogP contribution is 2.44. The summed E-state index contributed by atoms with van der Waals surface area (Å²) in [5.41, 5.74) is 14.4. The van der Waals surface area contributed by atoms with Crippen molar-refractivity contribution in [2.24, 2.45) is 0 Å². The van der Waals surface area contributed by atoms with Crippen molar-refractivity contribution in [3.63, 3.8) is 0 Å². The average molecular weight is 533 g/mol. The van der Waals surface area contributed by atoms with E-state index in [1.807, 2.05) is 0 Å². The maximum Gasteiger partial charge on any atom is 0.252 e. The van der Waals surface area contributed by atoms with Crippen LogP contribution in [0.4, 0.5) is 34.1 Å². The summed E-state index contributed by atoms with van der Waals surface area (Å²) in [6, 6.07) is 43.0. The predicted octanol–water partition coefficient (Wildman–Crippen LogP) is 8.36. The molecule has 0 amide bonds. The van der Waals surface area contributed by atoms with Crippen LogP contribution in [0.3, 0.4) is 0 Å². The van der Waals surface area contributed by atoms with Gasteiger partial charge in [-0.3, -0.25) is 0 Å². The van der Waals surface area contributed by atoms with Crippen LogP contribution in [0.1, 0.15) is 52.7 Å². The van der Waals surface area contributed by atoms with Gasteiger partial charge in [0.2, 0.25) is 0 Å². The van der Waals surface area contributed by atoms with Crippen LogP contribution in [0, 0.1) is 0 Å². The molecule has 41 heavy (non-hydrogen) atoms. The highest BCUT2D eigenvalue weighted by atomic mass is 15.2. The molecule has 0 saturated carbocycles. The number of benzene rings is 5. The minimum absolute atomic E-state index is 0.0570. The van der Waals surface area contributed by atoms with Crippen molar-refractivity contribution in [1.29, 1.82) is 0 Å². The van der Waals surface area contributed by atoms with Crippen LogP contribution in [0.15, 0.2) is 115 Å². The van der Waals surface area contributed by atoms with Crippen LogP contribution in [-0.2, 0) is 10.8 Å². The van der Waals surface area contributed by atoms with Crippen LogP contribution in [0.2, 0.25) is 0 Å². The Kier molecular flexibility index (Phi) is 5.73. The Balaban J connectivity index is 1.52. The van der Waals surface area contributed by atoms with Gasteiger partial charge in [0.1, 0.15) is 0 Å². The molecule has 0 radical (unpaired) electrons. The van der Waals surface area contributed by atoms with Gasteiger partial charge in [0.25, 0.3) is 6.71 Å². The van der Waals surface area contributed by atoms with E-state index in [1.54, 1.807) is 0 Å². The Morgan fingerprint density at radius 1 is 0.439 bits per heavy atom. The summed E-state index contributed by atoms with van der Waals surface area (Å²) >= 11 is 0. The monoisotopic (exact) mass is 532 g/mol. The average Bonchev–Trinajstić information content (AvgIpc) is 2.96. The molecule has 0 fully saturated rings. The minimum Gasteiger partial charge on any atom is -0.311 e. The number of hydrogen-bond donors (Lipinski definition) is 0. The fourth-order valence-electron chi connectivity index (χ4n) is 6.60. The van der Waals surface area contributed by atoms with Crippen LogP contribution in [0.25, 0.3) is 0 Å². The molecular weight excluding hydrogens is 495 g/mol. The van der Waals surface area contributed by atoms with Crippen molar-refractivity contribution in [2.45, 2.75) is 52.4 Å². The van der Waals surface area contributed by atoms with Crippen LogP contribution < -0.4 is 26.2 Å². The maximum atomic E-state index is 2.47. The van der Waals surface area contributed by atoms with E-state index in [1.165, 1.54) is 61.6 Å². The first-order chi connectivity index (χ1) is 19.6. The predicted molar refractivity (Wildman–Crippen MR) is 178 cm³/mol. The zero-order valence-electron chi connectivity index (χ0n) is 24.9. The fourth-order valence-corrected chi connectivity index (χ4v) is 6.60. The van der Waals surface area contributed by atoms with Crippen LogP contribution in [-0.4, -0.2) is 6.71 Å². The lowest BCUT2D eigenvalue weighted by molar-refractivity contribution is 0.590. The van der Waals surface area contributed by atoms with E-state index < -0.39 is 0 Å². The summed E-state index contributed by atoms with van der Waals surface area (Å²) < 4.78 is 0. The number of fused-ring (bicyclic) bond motifs is 4. The van der Waals surface area contributed by atoms with E-state index >= 15 is 0 Å². The van der Waals surface area contributed by atoms with Gasteiger partial charge >= 0.3 is 0 Å². The molecular formula is C38H37BN2. The van der Waals surface area contributed by atoms with Crippen LogP contribution in [0.5, 0.6) is 0 Å². The molecule has 0 spiro atoms. The number of hydrogen-bond acceptors (Lipinski definition) is 2. The SMILES string of the molecule is CC(C)(C)c1ccc(N2c3ccccc3B3c4cc(C(C)(C)C)ccc4N(c4ccccc4)c4cccc2c43)cc1. The number of para-hydroxylation sites is 2. The second kappa shape index (κ2) is 9.14. The summed E-state index contributed by atoms with van der Waals surface area (Å²) in [7, 11) is 0. The smallest absolute Gasteiger partial charge is 0.252 e. The lowest BCUT2D eigenvalue weighted by Crippen LogP contribution is -2.61. The van der Waals surface area contributed by atoms with Crippen molar-refractivity contribution >= 4 is 57.2 Å². The summed E-state index contributed by atoms with van der Waals surface area (Å²) in [4.78, 5) is 4.94. The fraction of sp³-hybridized carbons (Fsp3) is 0.211. The molecule has 0 aromatic heterocycles. The molecule has 0 saturated heterocycles. The van der Waals surface area contributed by atoms with E-state index in [4.69, 9.17) is 0 Å². The molecule has 5 aromatic carbocycles. The first-order valence-electron chi connectivity index (χ1n) is 14.7. The van der Waals surface area contributed by atoms with Gasteiger partial charge in [0.05, 0.1) is 0 Å². The van der Waals surface area contributed by atoms with Gasteiger partial charge < -0.3 is 9.80 Å². The van der Waals surface area contributed by atoms with Crippen LogP contribution >= 0.6 is 0 Å². The Bertz CT molecular complexity index is 1760. The topological polar surface area (TPSA) is 6.48 Å². The summed E-state index contributed by atoms with van der Waals surface area (Å²) in [6.45, 7) is 13.9. The normalized spacial score (nSPS) is 14.0. The molecule has 2 aliphatic heterocycles. The molecule has 0 unspecified atom stereocenters. The highest BCUT2D eigenvalue weighted by molar-refractivity contribution is 7.00. The molecule has 3 heteroatoms. The Morgan fingerprint density at radius 2 is 0.951 bits per heavy atom. The Morgan fingerprint density at radius 3 is 1.59 bits per heavy atom. The molecule has 0 aliphatic carbocycles. The zero-order valence-corrected chi connectivity index (χ0v) is 24.9. The number of rotatable bonds is 2. The first kappa shape index (κ1) is 25.7. The third-order valence-electron chi connectivity index (χ3n) is 8.77. The lowest BCUT2D eigenvalue weighted by Gasteiger charge is -2.44. The van der Waals surface area contributed by atoms with Gasteiger partial charge in [-0.25, -0.2) is 0 Å². The third kappa shape index (κ3) is 4.10. The molecule has 0 bridgehead atoms. The highest BCUT2D eigenvalue weighted by Gasteiger charge is 2.43. The van der Waals surface area contributed by atoms with Gasteiger partial charge in [0, 0.05) is 34.1 Å². The van der Waals surface area contributed by atoms with Crippen molar-refractivity contribution in [1.82, 2.24) is 0 Å². The van der Waals surface area contributed by atoms with Gasteiger partial charge in [-0.1, -0.05) is 108 Å². The van der Waals surface area contributed by atoms with Crippen molar-refractivity contribution in [3.8, 4) is 0 Å². The van der Waals surface area contributed by atoms with E-state index in [-0.39, 0.29) is 17.5 Å². The molecule has 5 aromatic rings. The second-order valence-electron chi connectivity index (χ2n) is 13.5. The zero-order chi connectivity index (χ0) is 28.5. The van der Waals surface area contributed by atoms with Crippen molar-refractivity contribution in [2.75, 3.05) is 9.80 Å². The number of anilines is 6. The van der Waals surface area contributed by atoms with E-state index in [9.17, 15) is 0 Å². The van der Waals surface area contributed by atoms with Crippen molar-refractivity contribution < 1.29 is 0 Å². The largest absolute Gasteiger partial charge is 0.311 e. The number of nitrogens with zero attached hydrogens (tertiary/aromatic N) is 2. The van der Waals surface area contributed by atoms with Gasteiger partial charge in [-0.2, -0.15) is 0 Å². The summed E-state index contributed by atoms with van der Waals surface area (Å²) in [5.74, 6) is 0. The molecule has 0 atom stereocenters. The van der Waals surface area contributed by atoms with Crippen molar-refractivity contribution in [3.05, 3.63) is 126 Å². The molecule has 0 N–H and O–H groups in total. The molecule has 202 valence electrons. The van der Waals surface area contributed by atoms with E-state index in [2.05, 4.69) is 167 Å². The summed E-state index contributed by atoms with van der Waals surface area (Å²) in [5, 5.41) is 0. The lowest BCUT2D eigenvalue weighted by atomic mass is 9.33. The first-order valence-corrected chi connectivity index (χ1v) is 14.7. The standard InChI is InChI=1S/C38H37BN2/c1-37(2,3)26-19-22-29(23-20-26)41-32-16-11-10-15-30(32)39-31-25-27(38(4,5)6)21-24-33(31)40(28-13-8-7-9-14-28)34-17-12-18-35(41)36(34)39/h7-25H,1-6H3. The Labute approximate surface area is 245 Å².